The van der Waals surface area contributed by atoms with E-state index in [4.69, 9.17) is 4.74 Å². The second kappa shape index (κ2) is 6.79. The van der Waals surface area contributed by atoms with Crippen LogP contribution in [-0.4, -0.2) is 24.7 Å². The van der Waals surface area contributed by atoms with Crippen LogP contribution in [0.15, 0.2) is 29.6 Å². The van der Waals surface area contributed by atoms with Gasteiger partial charge in [-0.2, -0.15) is 0 Å². The molecule has 2 aromatic rings. The lowest BCUT2D eigenvalue weighted by molar-refractivity contribution is -0.140. The molecule has 0 saturated heterocycles. The van der Waals surface area contributed by atoms with E-state index in [1.807, 2.05) is 23.6 Å². The summed E-state index contributed by atoms with van der Waals surface area (Å²) in [6, 6.07) is 8.29. The zero-order valence-corrected chi connectivity index (χ0v) is 13.2. The first-order valence-electron chi connectivity index (χ1n) is 7.26. The third kappa shape index (κ3) is 3.39. The molecule has 1 aliphatic rings. The number of nitrogens with zero attached hydrogens (tertiary/aromatic N) is 1. The Hall–Kier alpha value is -2.08. The van der Waals surface area contributed by atoms with Gasteiger partial charge in [-0.05, 0) is 6.07 Å². The van der Waals surface area contributed by atoms with Gasteiger partial charge in [0.2, 0.25) is 0 Å². The Morgan fingerprint density at radius 2 is 2.36 bits per heavy atom. The number of ether oxygens (including phenoxy) is 2. The van der Waals surface area contributed by atoms with Crippen molar-refractivity contribution in [3.05, 3.63) is 40.9 Å². The Labute approximate surface area is 133 Å². The Bertz CT molecular complexity index is 656. The van der Waals surface area contributed by atoms with Gasteiger partial charge in [-0.3, -0.25) is 4.79 Å². The number of nitrogens with one attached hydrogen (secondary N) is 1. The Morgan fingerprint density at radius 1 is 1.50 bits per heavy atom. The summed E-state index contributed by atoms with van der Waals surface area (Å²) in [5.74, 6) is 0.731. The monoisotopic (exact) mass is 318 g/mol. The summed E-state index contributed by atoms with van der Waals surface area (Å²) in [6.45, 7) is 0.704. The molecule has 1 aromatic heterocycles. The number of carbonyl (C=O) groups excluding carboxylic acids is 1. The lowest BCUT2D eigenvalue weighted by Gasteiger charge is -2.26. The smallest absolute Gasteiger partial charge is 0.305 e. The Morgan fingerprint density at radius 3 is 3.23 bits per heavy atom. The summed E-state index contributed by atoms with van der Waals surface area (Å²) >= 11 is 1.56. The molecule has 0 aliphatic carbocycles. The first-order valence-corrected chi connectivity index (χ1v) is 8.13. The third-order valence-corrected chi connectivity index (χ3v) is 4.44. The van der Waals surface area contributed by atoms with Crippen LogP contribution in [-0.2, 0) is 16.0 Å². The molecule has 0 bridgehead atoms. The second-order valence-corrected chi connectivity index (χ2v) is 5.95. The molecule has 1 aromatic carbocycles. The number of hydrogen-bond donors (Lipinski definition) is 1. The van der Waals surface area contributed by atoms with Crippen molar-refractivity contribution in [1.82, 2.24) is 4.98 Å². The van der Waals surface area contributed by atoms with Gasteiger partial charge in [-0.1, -0.05) is 18.2 Å². The molecule has 1 aliphatic heterocycles. The number of benzene rings is 1. The summed E-state index contributed by atoms with van der Waals surface area (Å²) in [5.41, 5.74) is 2.08. The average Bonchev–Trinajstić information content (AvgIpc) is 3.00. The van der Waals surface area contributed by atoms with Gasteiger partial charge in [0.25, 0.3) is 0 Å². The second-order valence-electron chi connectivity index (χ2n) is 5.09. The fourth-order valence-electron chi connectivity index (χ4n) is 2.46. The van der Waals surface area contributed by atoms with Crippen molar-refractivity contribution in [3.8, 4) is 5.75 Å². The number of para-hydroxylation sites is 1. The fraction of sp³-hybridized carbons (Fsp3) is 0.375. The molecule has 116 valence electrons. The molecule has 0 amide bonds. The highest BCUT2D eigenvalue weighted by atomic mass is 32.1. The third-order valence-electron chi connectivity index (χ3n) is 3.62. The highest BCUT2D eigenvalue weighted by molar-refractivity contribution is 7.13. The van der Waals surface area contributed by atoms with E-state index in [1.165, 1.54) is 12.7 Å². The topological polar surface area (TPSA) is 60.5 Å². The molecule has 0 spiro atoms. The van der Waals surface area contributed by atoms with E-state index in [2.05, 4.69) is 21.1 Å². The lowest BCUT2D eigenvalue weighted by Crippen LogP contribution is -2.20. The number of thiazole rings is 1. The molecule has 0 saturated carbocycles. The van der Waals surface area contributed by atoms with Gasteiger partial charge < -0.3 is 14.8 Å². The van der Waals surface area contributed by atoms with Crippen LogP contribution in [0.25, 0.3) is 0 Å². The van der Waals surface area contributed by atoms with Crippen LogP contribution in [0.3, 0.4) is 0 Å². The van der Waals surface area contributed by atoms with Crippen LogP contribution in [0.5, 0.6) is 5.75 Å². The molecule has 0 fully saturated rings. The van der Waals surface area contributed by atoms with E-state index in [0.717, 1.165) is 23.0 Å². The van der Waals surface area contributed by atoms with Crippen molar-refractivity contribution in [3.63, 3.8) is 0 Å². The maximum atomic E-state index is 11.2. The highest BCUT2D eigenvalue weighted by Crippen LogP contribution is 2.34. The first-order chi connectivity index (χ1) is 10.8. The fourth-order valence-corrected chi connectivity index (χ4v) is 3.26. The Kier molecular flexibility index (Phi) is 4.58. The van der Waals surface area contributed by atoms with Crippen LogP contribution >= 0.6 is 11.3 Å². The van der Waals surface area contributed by atoms with Crippen LogP contribution in [0, 0.1) is 0 Å². The van der Waals surface area contributed by atoms with Crippen LogP contribution in [0.4, 0.5) is 5.13 Å². The largest absolute Gasteiger partial charge is 0.493 e. The highest BCUT2D eigenvalue weighted by Gasteiger charge is 2.21. The molecule has 22 heavy (non-hydrogen) atoms. The Balaban J connectivity index is 1.65. The van der Waals surface area contributed by atoms with E-state index in [-0.39, 0.29) is 12.0 Å². The zero-order chi connectivity index (χ0) is 15.4. The summed E-state index contributed by atoms with van der Waals surface area (Å²) in [5, 5.41) is 6.33. The number of aryl methyl sites for hydroxylation is 1. The minimum atomic E-state index is -0.208. The molecule has 6 heteroatoms. The van der Waals surface area contributed by atoms with Crippen LogP contribution in [0.1, 0.15) is 30.1 Å². The molecular weight excluding hydrogens is 300 g/mol. The summed E-state index contributed by atoms with van der Waals surface area (Å²) in [4.78, 5) is 15.7. The number of methoxy groups -OCH3 is 1. The van der Waals surface area contributed by atoms with Gasteiger partial charge in [-0.25, -0.2) is 4.98 Å². The molecular formula is C16H18N2O3S. The van der Waals surface area contributed by atoms with Crippen LogP contribution in [0.2, 0.25) is 0 Å². The summed E-state index contributed by atoms with van der Waals surface area (Å²) < 4.78 is 10.3. The quantitative estimate of drug-likeness (QED) is 0.858. The van der Waals surface area contributed by atoms with E-state index in [1.54, 1.807) is 11.3 Å². The van der Waals surface area contributed by atoms with E-state index in [0.29, 0.717) is 19.4 Å². The predicted molar refractivity (Wildman–Crippen MR) is 85.4 cm³/mol. The molecule has 2 heterocycles. The van der Waals surface area contributed by atoms with Gasteiger partial charge in [0.05, 0.1) is 31.9 Å². The van der Waals surface area contributed by atoms with Crippen molar-refractivity contribution in [2.75, 3.05) is 19.0 Å². The normalized spacial score (nSPS) is 16.5. The molecule has 1 atom stereocenters. The molecule has 0 radical (unpaired) electrons. The predicted octanol–water partition coefficient (Wildman–Crippen LogP) is 3.18. The number of anilines is 1. The minimum absolute atomic E-state index is 0.208. The first kappa shape index (κ1) is 14.8. The molecule has 0 unspecified atom stereocenters. The van der Waals surface area contributed by atoms with E-state index >= 15 is 0 Å². The van der Waals surface area contributed by atoms with Gasteiger partial charge in [0.15, 0.2) is 5.13 Å². The molecule has 1 N–H and O–H groups in total. The average molecular weight is 318 g/mol. The van der Waals surface area contributed by atoms with Crippen molar-refractivity contribution in [2.45, 2.75) is 25.3 Å². The number of carbonyl (C=O) groups is 1. The molecule has 3 rings (SSSR count). The van der Waals surface area contributed by atoms with Crippen molar-refractivity contribution < 1.29 is 14.3 Å². The van der Waals surface area contributed by atoms with Crippen molar-refractivity contribution in [1.29, 1.82) is 0 Å². The van der Waals surface area contributed by atoms with Gasteiger partial charge in [0, 0.05) is 23.8 Å². The SMILES string of the molecule is COC(=O)CCc1csc(N[C@H]2CCOc3ccccc32)n1. The van der Waals surface area contributed by atoms with Gasteiger partial charge >= 0.3 is 5.97 Å². The number of hydrogen-bond acceptors (Lipinski definition) is 6. The van der Waals surface area contributed by atoms with E-state index < -0.39 is 0 Å². The van der Waals surface area contributed by atoms with Crippen molar-refractivity contribution in [2.24, 2.45) is 0 Å². The number of fused-ring (bicyclic) bond motifs is 1. The minimum Gasteiger partial charge on any atom is -0.493 e. The van der Waals surface area contributed by atoms with Crippen molar-refractivity contribution >= 4 is 22.4 Å². The number of esters is 1. The van der Waals surface area contributed by atoms with Gasteiger partial charge in [-0.15, -0.1) is 11.3 Å². The number of aromatic nitrogens is 1. The number of rotatable bonds is 5. The summed E-state index contributed by atoms with van der Waals surface area (Å²) in [7, 11) is 1.40. The van der Waals surface area contributed by atoms with Gasteiger partial charge in [0.1, 0.15) is 5.75 Å². The lowest BCUT2D eigenvalue weighted by atomic mass is 10.0. The standard InChI is InChI=1S/C16H18N2O3S/c1-20-15(19)7-6-11-10-22-16(17-11)18-13-8-9-21-14-5-3-2-4-12(13)14/h2-5,10,13H,6-9H2,1H3,(H,17,18)/t13-/m0/s1. The maximum absolute atomic E-state index is 11.2. The zero-order valence-electron chi connectivity index (χ0n) is 12.4. The molecule has 5 nitrogen and oxygen atoms in total. The van der Waals surface area contributed by atoms with Crippen LogP contribution < -0.4 is 10.1 Å². The maximum Gasteiger partial charge on any atom is 0.305 e. The summed E-state index contributed by atoms with van der Waals surface area (Å²) in [6.07, 6.45) is 1.88. The van der Waals surface area contributed by atoms with E-state index in [9.17, 15) is 4.79 Å².